The molecule has 0 amide bonds. The number of hydrogen-bond donors (Lipinski definition) is 2. The third kappa shape index (κ3) is 5.81. The Kier molecular flexibility index (Phi) is 7.70. The van der Waals surface area contributed by atoms with Gasteiger partial charge in [-0.25, -0.2) is 17.8 Å². The molecular formula is C29H26N6O7S. The quantitative estimate of drug-likeness (QED) is 0.130. The number of nitrogens with zero attached hydrogens (tertiary/aromatic N) is 4. The summed E-state index contributed by atoms with van der Waals surface area (Å²) in [5, 5.41) is 18.0. The molecule has 3 aromatic carbocycles. The van der Waals surface area contributed by atoms with E-state index < -0.39 is 20.5 Å². The predicted molar refractivity (Wildman–Crippen MR) is 160 cm³/mol. The number of aliphatic imine (C=N–C) groups is 1. The maximum atomic E-state index is 13.7. The number of rotatable bonds is 9. The van der Waals surface area contributed by atoms with E-state index in [-0.39, 0.29) is 22.0 Å². The monoisotopic (exact) mass is 602 g/mol. The van der Waals surface area contributed by atoms with Crippen LogP contribution in [0, 0.1) is 24.0 Å². The first-order valence-corrected chi connectivity index (χ1v) is 14.3. The van der Waals surface area contributed by atoms with Gasteiger partial charge in [-0.1, -0.05) is 5.16 Å². The Morgan fingerprint density at radius 1 is 1.05 bits per heavy atom. The maximum Gasteiger partial charge on any atom is 0.280 e. The number of benzene rings is 3. The summed E-state index contributed by atoms with van der Waals surface area (Å²) in [6.45, 7) is 5.07. The second-order valence-electron chi connectivity index (χ2n) is 9.52. The first-order chi connectivity index (χ1) is 20.5. The molecule has 13 nitrogen and oxygen atoms in total. The first-order valence-electron chi connectivity index (χ1n) is 12.8. The second kappa shape index (κ2) is 11.4. The van der Waals surface area contributed by atoms with Gasteiger partial charge in [-0.05, 0) is 81.4 Å². The zero-order valence-electron chi connectivity index (χ0n) is 23.5. The van der Waals surface area contributed by atoms with Crippen LogP contribution in [0.1, 0.15) is 23.7 Å². The minimum Gasteiger partial charge on any atom is -0.497 e. The van der Waals surface area contributed by atoms with Gasteiger partial charge in [0.05, 0.1) is 51.0 Å². The Morgan fingerprint density at radius 2 is 1.70 bits per heavy atom. The summed E-state index contributed by atoms with van der Waals surface area (Å²) in [6, 6.07) is 18.5. The van der Waals surface area contributed by atoms with Crippen LogP contribution in [0.15, 0.2) is 92.0 Å². The molecule has 0 saturated heterocycles. The molecular weight excluding hydrogens is 576 g/mol. The molecule has 2 heterocycles. The number of aromatic amines is 1. The lowest BCUT2D eigenvalue weighted by atomic mass is 10.0. The fourth-order valence-electron chi connectivity index (χ4n) is 4.29. The van der Waals surface area contributed by atoms with Crippen molar-refractivity contribution >= 4 is 33.0 Å². The summed E-state index contributed by atoms with van der Waals surface area (Å²) in [5.74, 6) is 0.671. The summed E-state index contributed by atoms with van der Waals surface area (Å²) in [4.78, 5) is 28.9. The first kappa shape index (κ1) is 29.0. The van der Waals surface area contributed by atoms with Crippen molar-refractivity contribution in [2.75, 3.05) is 11.8 Å². The number of aryl methyl sites for hydroxylation is 1. The second-order valence-corrected chi connectivity index (χ2v) is 11.2. The molecule has 0 aliphatic carbocycles. The van der Waals surface area contributed by atoms with Crippen LogP contribution in [-0.4, -0.2) is 41.1 Å². The molecule has 5 rings (SSSR count). The summed E-state index contributed by atoms with van der Waals surface area (Å²) < 4.78 is 39.7. The Morgan fingerprint density at radius 3 is 2.26 bits per heavy atom. The fourth-order valence-corrected chi connectivity index (χ4v) is 5.33. The van der Waals surface area contributed by atoms with Gasteiger partial charge in [0.15, 0.2) is 0 Å². The van der Waals surface area contributed by atoms with Crippen LogP contribution in [0.3, 0.4) is 0 Å². The molecule has 0 unspecified atom stereocenters. The summed E-state index contributed by atoms with van der Waals surface area (Å²) >= 11 is 0. The van der Waals surface area contributed by atoms with E-state index in [4.69, 9.17) is 9.26 Å². The minimum atomic E-state index is -3.95. The lowest BCUT2D eigenvalue weighted by Crippen LogP contribution is -2.19. The molecule has 2 N–H and O–H groups in total. The standard InChI is InChI=1S/C29H26N6O7S/c1-17-18(2)32-42-28(17)33-43(39,40)25-15-7-21(8-16-25)30-19(3)26-27(20-5-13-24(41-4)14-6-20)31-34(29(26)36)22-9-11-23(12-10-22)35(37)38/h5-16,31,33H,1-4H3. The topological polar surface area (TPSA) is 175 Å². The molecule has 0 fully saturated rings. The van der Waals surface area contributed by atoms with Crippen LogP contribution in [0.25, 0.3) is 16.9 Å². The maximum absolute atomic E-state index is 13.7. The van der Waals surface area contributed by atoms with Crippen LogP contribution in [0.2, 0.25) is 0 Å². The molecule has 0 spiro atoms. The van der Waals surface area contributed by atoms with Crippen molar-refractivity contribution in [1.82, 2.24) is 14.9 Å². The molecule has 5 aromatic rings. The molecule has 0 radical (unpaired) electrons. The van der Waals surface area contributed by atoms with Gasteiger partial charge in [-0.3, -0.25) is 25.0 Å². The Bertz CT molecular complexity index is 2010. The number of H-pyrrole nitrogens is 1. The highest BCUT2D eigenvalue weighted by molar-refractivity contribution is 7.92. The highest BCUT2D eigenvalue weighted by atomic mass is 32.2. The van der Waals surface area contributed by atoms with Crippen LogP contribution >= 0.6 is 0 Å². The third-order valence-corrected chi connectivity index (χ3v) is 8.12. The van der Waals surface area contributed by atoms with Crippen molar-refractivity contribution < 1.29 is 22.6 Å². The third-order valence-electron chi connectivity index (χ3n) is 6.78. The smallest absolute Gasteiger partial charge is 0.280 e. The molecule has 0 aliphatic heterocycles. The minimum absolute atomic E-state index is 0.0151. The van der Waals surface area contributed by atoms with Crippen LogP contribution in [0.4, 0.5) is 17.3 Å². The van der Waals surface area contributed by atoms with E-state index in [1.807, 2.05) is 0 Å². The van der Waals surface area contributed by atoms with Crippen molar-refractivity contribution in [3.63, 3.8) is 0 Å². The molecule has 0 saturated carbocycles. The van der Waals surface area contributed by atoms with E-state index in [0.29, 0.717) is 45.4 Å². The highest BCUT2D eigenvalue weighted by Gasteiger charge is 2.21. The fraction of sp³-hybridized carbons (Fsp3) is 0.138. The van der Waals surface area contributed by atoms with E-state index in [9.17, 15) is 23.3 Å². The Balaban J connectivity index is 1.52. The van der Waals surface area contributed by atoms with E-state index in [2.05, 4.69) is 20.0 Å². The van der Waals surface area contributed by atoms with E-state index in [1.165, 1.54) is 53.2 Å². The van der Waals surface area contributed by atoms with Gasteiger partial charge in [-0.2, -0.15) is 0 Å². The van der Waals surface area contributed by atoms with Gasteiger partial charge in [0, 0.05) is 23.3 Å². The lowest BCUT2D eigenvalue weighted by molar-refractivity contribution is -0.384. The number of methoxy groups -OCH3 is 1. The number of nitrogens with one attached hydrogen (secondary N) is 2. The van der Waals surface area contributed by atoms with Crippen molar-refractivity contribution in [1.29, 1.82) is 0 Å². The number of sulfonamides is 1. The van der Waals surface area contributed by atoms with Crippen LogP contribution in [0.5, 0.6) is 5.75 Å². The van der Waals surface area contributed by atoms with Crippen LogP contribution < -0.4 is 15.0 Å². The van der Waals surface area contributed by atoms with Crippen LogP contribution in [-0.2, 0) is 10.0 Å². The van der Waals surface area contributed by atoms with Crippen molar-refractivity contribution in [3.05, 3.63) is 110 Å². The zero-order chi connectivity index (χ0) is 30.9. The molecule has 220 valence electrons. The number of anilines is 1. The normalized spacial score (nSPS) is 11.9. The van der Waals surface area contributed by atoms with Crippen molar-refractivity contribution in [3.8, 4) is 22.7 Å². The predicted octanol–water partition coefficient (Wildman–Crippen LogP) is 5.30. The van der Waals surface area contributed by atoms with Crippen molar-refractivity contribution in [2.45, 2.75) is 25.7 Å². The molecule has 2 aromatic heterocycles. The summed E-state index contributed by atoms with van der Waals surface area (Å²) in [6.07, 6.45) is 0. The molecule has 0 aliphatic rings. The number of nitro benzene ring substituents is 1. The summed E-state index contributed by atoms with van der Waals surface area (Å²) in [5.41, 5.74) is 3.18. The average Bonchev–Trinajstić information content (AvgIpc) is 3.51. The van der Waals surface area contributed by atoms with Gasteiger partial charge in [0.25, 0.3) is 21.3 Å². The number of aromatic nitrogens is 3. The van der Waals surface area contributed by atoms with Gasteiger partial charge >= 0.3 is 0 Å². The number of nitro groups is 1. The van der Waals surface area contributed by atoms with Gasteiger partial charge in [0.2, 0.25) is 5.88 Å². The van der Waals surface area contributed by atoms with E-state index in [0.717, 1.165) is 0 Å². The average molecular weight is 603 g/mol. The SMILES string of the molecule is COc1ccc(-c2[nH]n(-c3ccc([N+](=O)[O-])cc3)c(=O)c2C(C)=Nc2ccc(S(=O)(=O)Nc3onc(C)c3C)cc2)cc1. The van der Waals surface area contributed by atoms with E-state index >= 15 is 0 Å². The highest BCUT2D eigenvalue weighted by Crippen LogP contribution is 2.27. The number of ether oxygens (including phenoxy) is 1. The largest absolute Gasteiger partial charge is 0.497 e. The Labute approximate surface area is 245 Å². The summed E-state index contributed by atoms with van der Waals surface area (Å²) in [7, 11) is -2.41. The van der Waals surface area contributed by atoms with Gasteiger partial charge in [-0.15, -0.1) is 0 Å². The van der Waals surface area contributed by atoms with Gasteiger partial charge in [0.1, 0.15) is 5.75 Å². The molecule has 14 heteroatoms. The molecule has 0 atom stereocenters. The molecule has 0 bridgehead atoms. The van der Waals surface area contributed by atoms with Crippen molar-refractivity contribution in [2.24, 2.45) is 4.99 Å². The number of hydrogen-bond acceptors (Lipinski definition) is 9. The lowest BCUT2D eigenvalue weighted by Gasteiger charge is -2.07. The number of non-ortho nitro benzene ring substituents is 1. The zero-order valence-corrected chi connectivity index (χ0v) is 24.3. The van der Waals surface area contributed by atoms with E-state index in [1.54, 1.807) is 52.1 Å². The van der Waals surface area contributed by atoms with Gasteiger partial charge < -0.3 is 9.26 Å². The Hall–Kier alpha value is -5.50. The molecule has 43 heavy (non-hydrogen) atoms.